The predicted octanol–water partition coefficient (Wildman–Crippen LogP) is 2.89. The third kappa shape index (κ3) is 4.59. The number of nitrogens with one attached hydrogen (secondary N) is 1. The van der Waals surface area contributed by atoms with Gasteiger partial charge < -0.3 is 20.2 Å². The molecular formula is C20H27N3O4. The molecule has 0 aliphatic carbocycles. The van der Waals surface area contributed by atoms with Crippen LogP contribution in [-0.2, 0) is 4.79 Å². The number of anilines is 1. The van der Waals surface area contributed by atoms with Crippen molar-refractivity contribution in [3.05, 3.63) is 29.8 Å². The van der Waals surface area contributed by atoms with Crippen LogP contribution in [-0.4, -0.2) is 59.0 Å². The van der Waals surface area contributed by atoms with E-state index in [1.165, 1.54) is 4.90 Å². The summed E-state index contributed by atoms with van der Waals surface area (Å²) < 4.78 is 0. The average molecular weight is 373 g/mol. The molecule has 0 radical (unpaired) electrons. The summed E-state index contributed by atoms with van der Waals surface area (Å²) in [5, 5.41) is 12.1. The quantitative estimate of drug-likeness (QED) is 0.852. The second-order valence-electron chi connectivity index (χ2n) is 7.61. The minimum atomic E-state index is -0.875. The Bertz CT molecular complexity index is 715. The molecule has 3 rings (SSSR count). The third-order valence-corrected chi connectivity index (χ3v) is 5.34. The first kappa shape index (κ1) is 19.2. The fourth-order valence-electron chi connectivity index (χ4n) is 3.94. The zero-order chi connectivity index (χ0) is 19.4. The number of para-hydroxylation sites is 1. The van der Waals surface area contributed by atoms with Crippen LogP contribution in [0.1, 0.15) is 43.0 Å². The van der Waals surface area contributed by atoms with Gasteiger partial charge in [0.15, 0.2) is 0 Å². The molecule has 2 N–H and O–H groups in total. The number of likely N-dealkylation sites (tertiary alicyclic amines) is 2. The smallest absolute Gasteiger partial charge is 0.321 e. The second kappa shape index (κ2) is 8.41. The van der Waals surface area contributed by atoms with Crippen LogP contribution < -0.4 is 5.32 Å². The predicted molar refractivity (Wildman–Crippen MR) is 102 cm³/mol. The maximum atomic E-state index is 12.9. The van der Waals surface area contributed by atoms with Gasteiger partial charge in [0.1, 0.15) is 0 Å². The Morgan fingerprint density at radius 3 is 2.44 bits per heavy atom. The van der Waals surface area contributed by atoms with Gasteiger partial charge in [0.25, 0.3) is 5.91 Å². The molecule has 0 bridgehead atoms. The molecule has 0 aromatic heterocycles. The van der Waals surface area contributed by atoms with E-state index < -0.39 is 11.9 Å². The Kier molecular flexibility index (Phi) is 5.98. The SMILES string of the molecule is CC1CC(C(=O)O)CN(C(=O)Nc2ccccc2C(=O)N2CCCCC2)C1. The highest BCUT2D eigenvalue weighted by Gasteiger charge is 2.32. The Balaban J connectivity index is 1.72. The fourth-order valence-corrected chi connectivity index (χ4v) is 3.94. The highest BCUT2D eigenvalue weighted by Crippen LogP contribution is 2.24. The molecule has 27 heavy (non-hydrogen) atoms. The Morgan fingerprint density at radius 2 is 1.74 bits per heavy atom. The van der Waals surface area contributed by atoms with Crippen molar-refractivity contribution < 1.29 is 19.5 Å². The summed E-state index contributed by atoms with van der Waals surface area (Å²) in [5.41, 5.74) is 0.954. The number of nitrogens with zero attached hydrogens (tertiary/aromatic N) is 2. The van der Waals surface area contributed by atoms with Crippen LogP contribution in [0.25, 0.3) is 0 Å². The monoisotopic (exact) mass is 373 g/mol. The highest BCUT2D eigenvalue weighted by atomic mass is 16.4. The summed E-state index contributed by atoms with van der Waals surface area (Å²) in [5.74, 6) is -1.37. The molecule has 2 fully saturated rings. The number of piperidine rings is 2. The second-order valence-corrected chi connectivity index (χ2v) is 7.61. The fraction of sp³-hybridized carbons (Fsp3) is 0.550. The van der Waals surface area contributed by atoms with Crippen LogP contribution in [0, 0.1) is 11.8 Å². The summed E-state index contributed by atoms with van der Waals surface area (Å²) in [6.45, 7) is 4.13. The van der Waals surface area contributed by atoms with Gasteiger partial charge in [-0.05, 0) is 43.7 Å². The van der Waals surface area contributed by atoms with Gasteiger partial charge in [-0.15, -0.1) is 0 Å². The number of carboxylic acid groups (broad SMARTS) is 1. The van der Waals surface area contributed by atoms with Gasteiger partial charge in [-0.2, -0.15) is 0 Å². The maximum Gasteiger partial charge on any atom is 0.321 e. The molecule has 1 aromatic carbocycles. The van der Waals surface area contributed by atoms with E-state index in [1.807, 2.05) is 11.8 Å². The molecule has 2 aliphatic heterocycles. The highest BCUT2D eigenvalue weighted by molar-refractivity contribution is 6.03. The molecule has 146 valence electrons. The largest absolute Gasteiger partial charge is 0.481 e. The minimum Gasteiger partial charge on any atom is -0.481 e. The first-order chi connectivity index (χ1) is 13.0. The van der Waals surface area contributed by atoms with Gasteiger partial charge in [-0.3, -0.25) is 9.59 Å². The lowest BCUT2D eigenvalue weighted by Crippen LogP contribution is -2.47. The summed E-state index contributed by atoms with van der Waals surface area (Å²) in [4.78, 5) is 40.3. The maximum absolute atomic E-state index is 12.9. The number of carbonyl (C=O) groups excluding carboxylic acids is 2. The number of benzene rings is 1. The number of hydrogen-bond acceptors (Lipinski definition) is 3. The van der Waals surface area contributed by atoms with Gasteiger partial charge in [-0.1, -0.05) is 19.1 Å². The van der Waals surface area contributed by atoms with E-state index in [-0.39, 0.29) is 24.4 Å². The van der Waals surface area contributed by atoms with Gasteiger partial charge in [-0.25, -0.2) is 4.79 Å². The van der Waals surface area contributed by atoms with Crippen molar-refractivity contribution in [1.82, 2.24) is 9.80 Å². The summed E-state index contributed by atoms with van der Waals surface area (Å²) in [6, 6.07) is 6.66. The lowest BCUT2D eigenvalue weighted by Gasteiger charge is -2.34. The lowest BCUT2D eigenvalue weighted by molar-refractivity contribution is -0.143. The molecule has 3 amide bonds. The summed E-state index contributed by atoms with van der Waals surface area (Å²) >= 11 is 0. The zero-order valence-corrected chi connectivity index (χ0v) is 15.7. The van der Waals surface area contributed by atoms with Gasteiger partial charge in [0.05, 0.1) is 17.2 Å². The van der Waals surface area contributed by atoms with Crippen LogP contribution in [0.2, 0.25) is 0 Å². The lowest BCUT2D eigenvalue weighted by atomic mass is 9.91. The summed E-state index contributed by atoms with van der Waals surface area (Å²) in [6.07, 6.45) is 3.72. The first-order valence-electron chi connectivity index (χ1n) is 9.62. The van der Waals surface area contributed by atoms with E-state index in [1.54, 1.807) is 24.3 Å². The number of carbonyl (C=O) groups is 3. The van der Waals surface area contributed by atoms with E-state index in [4.69, 9.17) is 0 Å². The van der Waals surface area contributed by atoms with Gasteiger partial charge >= 0.3 is 12.0 Å². The molecule has 2 heterocycles. The van der Waals surface area contributed by atoms with Crippen LogP contribution >= 0.6 is 0 Å². The van der Waals surface area contributed by atoms with E-state index in [2.05, 4.69) is 5.32 Å². The Labute approximate surface area is 159 Å². The molecule has 0 saturated carbocycles. The Hall–Kier alpha value is -2.57. The molecule has 2 saturated heterocycles. The van der Waals surface area contributed by atoms with E-state index in [0.717, 1.165) is 32.4 Å². The molecule has 2 unspecified atom stereocenters. The van der Waals surface area contributed by atoms with Crippen molar-refractivity contribution in [2.24, 2.45) is 11.8 Å². The van der Waals surface area contributed by atoms with Crippen molar-refractivity contribution in [2.45, 2.75) is 32.6 Å². The normalized spacial score (nSPS) is 23.0. The number of urea groups is 1. The van der Waals surface area contributed by atoms with Crippen LogP contribution in [0.3, 0.4) is 0 Å². The van der Waals surface area contributed by atoms with E-state index in [9.17, 15) is 19.5 Å². The molecule has 7 nitrogen and oxygen atoms in total. The summed E-state index contributed by atoms with van der Waals surface area (Å²) in [7, 11) is 0. The molecule has 2 atom stereocenters. The van der Waals surface area contributed by atoms with Crippen LogP contribution in [0.4, 0.5) is 10.5 Å². The van der Waals surface area contributed by atoms with Gasteiger partial charge in [0.2, 0.25) is 0 Å². The number of rotatable bonds is 3. The van der Waals surface area contributed by atoms with Crippen LogP contribution in [0.5, 0.6) is 0 Å². The van der Waals surface area contributed by atoms with Crippen molar-refractivity contribution in [3.8, 4) is 0 Å². The number of amides is 3. The molecule has 1 aromatic rings. The molecule has 7 heteroatoms. The van der Waals surface area contributed by atoms with E-state index >= 15 is 0 Å². The molecule has 2 aliphatic rings. The van der Waals surface area contributed by atoms with Crippen LogP contribution in [0.15, 0.2) is 24.3 Å². The first-order valence-corrected chi connectivity index (χ1v) is 9.62. The van der Waals surface area contributed by atoms with Gasteiger partial charge in [0, 0.05) is 26.2 Å². The van der Waals surface area contributed by atoms with E-state index in [0.29, 0.717) is 24.2 Å². The standard InChI is InChI=1S/C20H27N3O4/c1-14-11-15(19(25)26)13-23(12-14)20(27)21-17-8-4-3-7-16(17)18(24)22-9-5-2-6-10-22/h3-4,7-8,14-15H,2,5-6,9-13H2,1H3,(H,21,27)(H,25,26). The molecule has 0 spiro atoms. The topological polar surface area (TPSA) is 90.0 Å². The van der Waals surface area contributed by atoms with Crippen molar-refractivity contribution in [1.29, 1.82) is 0 Å². The Morgan fingerprint density at radius 1 is 1.04 bits per heavy atom. The van der Waals surface area contributed by atoms with Crippen molar-refractivity contribution in [3.63, 3.8) is 0 Å². The minimum absolute atomic E-state index is 0.0685. The average Bonchev–Trinajstić information content (AvgIpc) is 2.68. The third-order valence-electron chi connectivity index (χ3n) is 5.34. The number of aliphatic carboxylic acids is 1. The number of carboxylic acids is 1. The zero-order valence-electron chi connectivity index (χ0n) is 15.7. The van der Waals surface area contributed by atoms with Crippen molar-refractivity contribution >= 4 is 23.6 Å². The number of hydrogen-bond donors (Lipinski definition) is 2. The molecular weight excluding hydrogens is 346 g/mol. The van der Waals surface area contributed by atoms with Crippen molar-refractivity contribution in [2.75, 3.05) is 31.5 Å².